The van der Waals surface area contributed by atoms with Crippen molar-refractivity contribution in [3.8, 4) is 0 Å². The first kappa shape index (κ1) is 9.60. The van der Waals surface area contributed by atoms with E-state index in [0.717, 1.165) is 5.52 Å². The summed E-state index contributed by atoms with van der Waals surface area (Å²) in [6.45, 7) is 0. The molecule has 0 atom stereocenters. The van der Waals surface area contributed by atoms with Crippen molar-refractivity contribution in [1.29, 1.82) is 0 Å². The number of hydrogen-bond donors (Lipinski definition) is 1. The molecule has 0 saturated heterocycles. The Morgan fingerprint density at radius 3 is 2.59 bits per heavy atom. The highest BCUT2D eigenvalue weighted by molar-refractivity contribution is 5.79. The zero-order valence-corrected chi connectivity index (χ0v) is 9.82. The van der Waals surface area contributed by atoms with Crippen molar-refractivity contribution in [3.05, 3.63) is 42.1 Å². The summed E-state index contributed by atoms with van der Waals surface area (Å²) in [5, 5.41) is 1.22. The highest BCUT2D eigenvalue weighted by Crippen LogP contribution is 2.63. The maximum absolute atomic E-state index is 6.44. The lowest BCUT2D eigenvalue weighted by Crippen LogP contribution is -2.37. The minimum absolute atomic E-state index is 0.0927. The Balaban J connectivity index is 1.87. The molecule has 86 valence electrons. The van der Waals surface area contributed by atoms with Crippen LogP contribution in [0.2, 0.25) is 0 Å². The highest BCUT2D eigenvalue weighted by atomic mass is 14.9. The Morgan fingerprint density at radius 2 is 1.88 bits per heavy atom. The summed E-state index contributed by atoms with van der Waals surface area (Å²) in [6.07, 6.45) is 6.74. The predicted molar refractivity (Wildman–Crippen MR) is 68.8 cm³/mol. The topological polar surface area (TPSA) is 38.9 Å². The molecule has 2 saturated carbocycles. The second-order valence-corrected chi connectivity index (χ2v) is 5.65. The molecule has 1 aromatic carbocycles. The average Bonchev–Trinajstić information content (AvgIpc) is 3.24. The van der Waals surface area contributed by atoms with Gasteiger partial charge in [-0.2, -0.15) is 0 Å². The summed E-state index contributed by atoms with van der Waals surface area (Å²) in [5.74, 6) is 0. The molecule has 2 nitrogen and oxygen atoms in total. The Labute approximate surface area is 101 Å². The third-order valence-electron chi connectivity index (χ3n) is 4.65. The molecule has 0 radical (unpaired) electrons. The molecule has 2 N–H and O–H groups in total. The molecule has 1 heterocycles. The SMILES string of the molecule is NC1(C2(c3ccc4cccnc4c3)CC2)CC1. The Hall–Kier alpha value is -1.41. The van der Waals surface area contributed by atoms with Crippen molar-refractivity contribution in [1.82, 2.24) is 4.98 Å². The maximum Gasteiger partial charge on any atom is 0.0704 e. The van der Waals surface area contributed by atoms with Crippen LogP contribution in [0, 0.1) is 0 Å². The van der Waals surface area contributed by atoms with Crippen LogP contribution in [0.25, 0.3) is 10.9 Å². The van der Waals surface area contributed by atoms with Crippen molar-refractivity contribution >= 4 is 10.9 Å². The standard InChI is InChI=1S/C15H16N2/c16-15(7-8-15)14(5-6-14)12-4-3-11-2-1-9-17-13(11)10-12/h1-4,9-10H,5-8,16H2. The molecule has 2 aromatic rings. The molecule has 0 bridgehead atoms. The number of benzene rings is 1. The van der Waals surface area contributed by atoms with Gasteiger partial charge in [0.25, 0.3) is 0 Å². The van der Waals surface area contributed by atoms with Crippen LogP contribution in [0.15, 0.2) is 36.5 Å². The fraction of sp³-hybridized carbons (Fsp3) is 0.400. The zero-order valence-electron chi connectivity index (χ0n) is 9.82. The van der Waals surface area contributed by atoms with Crippen LogP contribution >= 0.6 is 0 Å². The van der Waals surface area contributed by atoms with Crippen LogP contribution in [0.3, 0.4) is 0 Å². The molecule has 1 aromatic heterocycles. The van der Waals surface area contributed by atoms with Crippen molar-refractivity contribution in [2.45, 2.75) is 36.6 Å². The number of nitrogens with zero attached hydrogens (tertiary/aromatic N) is 1. The van der Waals surface area contributed by atoms with E-state index in [-0.39, 0.29) is 11.0 Å². The van der Waals surface area contributed by atoms with Gasteiger partial charge >= 0.3 is 0 Å². The maximum atomic E-state index is 6.44. The first-order chi connectivity index (χ1) is 8.24. The van der Waals surface area contributed by atoms with Gasteiger partial charge in [0, 0.05) is 22.5 Å². The van der Waals surface area contributed by atoms with Crippen LogP contribution < -0.4 is 5.73 Å². The number of pyridine rings is 1. The summed E-state index contributed by atoms with van der Waals surface area (Å²) in [7, 11) is 0. The van der Waals surface area contributed by atoms with Crippen molar-refractivity contribution < 1.29 is 0 Å². The third-order valence-corrected chi connectivity index (χ3v) is 4.65. The molecule has 2 heteroatoms. The molecule has 0 spiro atoms. The van der Waals surface area contributed by atoms with Gasteiger partial charge < -0.3 is 5.73 Å². The fourth-order valence-electron chi connectivity index (χ4n) is 3.18. The molecular weight excluding hydrogens is 208 g/mol. The third kappa shape index (κ3) is 1.22. The Bertz CT molecular complexity index is 595. The summed E-state index contributed by atoms with van der Waals surface area (Å²) in [4.78, 5) is 4.44. The van der Waals surface area contributed by atoms with E-state index in [2.05, 4.69) is 29.2 Å². The first-order valence-electron chi connectivity index (χ1n) is 6.38. The number of rotatable bonds is 2. The van der Waals surface area contributed by atoms with Gasteiger partial charge in [-0.05, 0) is 43.4 Å². The van der Waals surface area contributed by atoms with E-state index in [1.165, 1.54) is 36.6 Å². The summed E-state index contributed by atoms with van der Waals surface area (Å²) in [6, 6.07) is 10.8. The van der Waals surface area contributed by atoms with Crippen LogP contribution in [-0.2, 0) is 5.41 Å². The van der Waals surface area contributed by atoms with Gasteiger partial charge in [-0.3, -0.25) is 4.98 Å². The van der Waals surface area contributed by atoms with Crippen molar-refractivity contribution in [2.24, 2.45) is 5.73 Å². The van der Waals surface area contributed by atoms with Crippen molar-refractivity contribution in [2.75, 3.05) is 0 Å². The molecule has 0 amide bonds. The van der Waals surface area contributed by atoms with Crippen LogP contribution in [-0.4, -0.2) is 10.5 Å². The number of nitrogens with two attached hydrogens (primary N) is 1. The van der Waals surface area contributed by atoms with E-state index in [0.29, 0.717) is 0 Å². The quantitative estimate of drug-likeness (QED) is 0.852. The fourth-order valence-corrected chi connectivity index (χ4v) is 3.18. The van der Waals surface area contributed by atoms with Crippen molar-refractivity contribution in [3.63, 3.8) is 0 Å². The molecule has 4 rings (SSSR count). The minimum Gasteiger partial charge on any atom is -0.324 e. The summed E-state index contributed by atoms with van der Waals surface area (Å²) >= 11 is 0. The van der Waals surface area contributed by atoms with E-state index >= 15 is 0 Å². The number of fused-ring (bicyclic) bond motifs is 1. The lowest BCUT2D eigenvalue weighted by molar-refractivity contribution is 0.504. The van der Waals surface area contributed by atoms with E-state index < -0.39 is 0 Å². The molecule has 0 aliphatic heterocycles. The van der Waals surface area contributed by atoms with E-state index in [9.17, 15) is 0 Å². The normalized spacial score (nSPS) is 23.6. The van der Waals surface area contributed by atoms with Gasteiger partial charge in [0.1, 0.15) is 0 Å². The van der Waals surface area contributed by atoms with Gasteiger partial charge in [-0.15, -0.1) is 0 Å². The molecule has 2 fully saturated rings. The van der Waals surface area contributed by atoms with E-state index in [1.54, 1.807) is 0 Å². The van der Waals surface area contributed by atoms with Crippen LogP contribution in [0.1, 0.15) is 31.2 Å². The average molecular weight is 224 g/mol. The second kappa shape index (κ2) is 2.88. The van der Waals surface area contributed by atoms with Gasteiger partial charge in [0.15, 0.2) is 0 Å². The lowest BCUT2D eigenvalue weighted by atomic mass is 9.86. The van der Waals surface area contributed by atoms with Crippen LogP contribution in [0.5, 0.6) is 0 Å². The Morgan fingerprint density at radius 1 is 1.06 bits per heavy atom. The van der Waals surface area contributed by atoms with Gasteiger partial charge in [0.2, 0.25) is 0 Å². The van der Waals surface area contributed by atoms with Crippen LogP contribution in [0.4, 0.5) is 0 Å². The summed E-state index contributed by atoms with van der Waals surface area (Å²) < 4.78 is 0. The lowest BCUT2D eigenvalue weighted by Gasteiger charge is -2.23. The molecule has 2 aliphatic rings. The molecule has 17 heavy (non-hydrogen) atoms. The van der Waals surface area contributed by atoms with Gasteiger partial charge in [-0.25, -0.2) is 0 Å². The minimum atomic E-state index is 0.0927. The molecular formula is C15H16N2. The van der Waals surface area contributed by atoms with E-state index in [4.69, 9.17) is 5.73 Å². The molecule has 0 unspecified atom stereocenters. The smallest absolute Gasteiger partial charge is 0.0704 e. The predicted octanol–water partition coefficient (Wildman–Crippen LogP) is 2.76. The monoisotopic (exact) mass is 224 g/mol. The Kier molecular flexibility index (Phi) is 1.63. The largest absolute Gasteiger partial charge is 0.324 e. The first-order valence-corrected chi connectivity index (χ1v) is 6.38. The zero-order chi connectivity index (χ0) is 11.5. The molecule has 2 aliphatic carbocycles. The number of hydrogen-bond acceptors (Lipinski definition) is 2. The van der Waals surface area contributed by atoms with E-state index in [1.807, 2.05) is 12.3 Å². The highest BCUT2D eigenvalue weighted by Gasteiger charge is 2.63. The summed E-state index contributed by atoms with van der Waals surface area (Å²) in [5.41, 5.74) is 9.32. The number of aromatic nitrogens is 1. The van der Waals surface area contributed by atoms with Gasteiger partial charge in [-0.1, -0.05) is 18.2 Å². The van der Waals surface area contributed by atoms with Gasteiger partial charge in [0.05, 0.1) is 5.52 Å². The second-order valence-electron chi connectivity index (χ2n) is 5.65.